The Morgan fingerprint density at radius 3 is 2.12 bits per heavy atom. The number of anilines is 1. The van der Waals surface area contributed by atoms with E-state index in [1.54, 1.807) is 0 Å². The van der Waals surface area contributed by atoms with Gasteiger partial charge in [0, 0.05) is 24.8 Å². The molecule has 17 heavy (non-hydrogen) atoms. The fourth-order valence-electron chi connectivity index (χ4n) is 2.16. The third kappa shape index (κ3) is 3.43. The minimum atomic E-state index is -0.204. The van der Waals surface area contributed by atoms with Gasteiger partial charge in [0.05, 0.1) is 0 Å². The van der Waals surface area contributed by atoms with E-state index in [-0.39, 0.29) is 17.3 Å². The molecule has 0 aromatic heterocycles. The number of nitrogens with two attached hydrogens (primary N) is 1. The average molecular weight is 238 g/mol. The lowest BCUT2D eigenvalue weighted by Crippen LogP contribution is -2.49. The molecule has 0 aliphatic rings. The van der Waals surface area contributed by atoms with Crippen molar-refractivity contribution in [1.29, 1.82) is 0 Å². The van der Waals surface area contributed by atoms with Crippen molar-refractivity contribution in [2.75, 3.05) is 18.0 Å². The Morgan fingerprint density at radius 1 is 1.24 bits per heavy atom. The lowest BCUT2D eigenvalue weighted by molar-refractivity contribution is 0.309. The van der Waals surface area contributed by atoms with Gasteiger partial charge in [-0.25, -0.2) is 4.39 Å². The lowest BCUT2D eigenvalue weighted by atomic mass is 9.85. The second-order valence-electron chi connectivity index (χ2n) is 5.38. The Kier molecular flexibility index (Phi) is 4.52. The van der Waals surface area contributed by atoms with Crippen molar-refractivity contribution in [2.45, 2.75) is 33.7 Å². The Morgan fingerprint density at radius 2 is 1.76 bits per heavy atom. The molecule has 0 amide bonds. The first-order chi connectivity index (χ1) is 7.90. The molecule has 0 heterocycles. The van der Waals surface area contributed by atoms with Crippen LogP contribution in [0.5, 0.6) is 0 Å². The normalized spacial score (nSPS) is 13.5. The fraction of sp³-hybridized carbons (Fsp3) is 0.571. The van der Waals surface area contributed by atoms with Gasteiger partial charge in [-0.3, -0.25) is 0 Å². The highest BCUT2D eigenvalue weighted by molar-refractivity contribution is 5.47. The number of nitrogens with zero attached hydrogens (tertiary/aromatic N) is 1. The van der Waals surface area contributed by atoms with E-state index in [1.165, 1.54) is 12.1 Å². The van der Waals surface area contributed by atoms with Crippen LogP contribution < -0.4 is 10.6 Å². The molecular weight excluding hydrogens is 215 g/mol. The monoisotopic (exact) mass is 238 g/mol. The average Bonchev–Trinajstić information content (AvgIpc) is 2.25. The quantitative estimate of drug-likeness (QED) is 0.873. The molecular formula is C14H23FN2. The minimum absolute atomic E-state index is 0.0964. The molecule has 0 radical (unpaired) electrons. The molecule has 0 spiro atoms. The molecule has 0 aliphatic carbocycles. The summed E-state index contributed by atoms with van der Waals surface area (Å²) < 4.78 is 12.9. The van der Waals surface area contributed by atoms with Crippen molar-refractivity contribution < 1.29 is 4.39 Å². The van der Waals surface area contributed by atoms with Gasteiger partial charge < -0.3 is 10.6 Å². The largest absolute Gasteiger partial charge is 0.367 e. The van der Waals surface area contributed by atoms with E-state index in [2.05, 4.69) is 32.6 Å². The molecule has 1 rings (SSSR count). The maximum Gasteiger partial charge on any atom is 0.123 e. The van der Waals surface area contributed by atoms with Crippen LogP contribution in [0.2, 0.25) is 0 Å². The smallest absolute Gasteiger partial charge is 0.123 e. The van der Waals surface area contributed by atoms with Gasteiger partial charge >= 0.3 is 0 Å². The number of rotatable bonds is 4. The first kappa shape index (κ1) is 14.0. The van der Waals surface area contributed by atoms with Crippen LogP contribution in [0.15, 0.2) is 24.3 Å². The summed E-state index contributed by atoms with van der Waals surface area (Å²) in [5.74, 6) is -0.204. The molecule has 1 unspecified atom stereocenters. The first-order valence-electron chi connectivity index (χ1n) is 6.12. The second kappa shape index (κ2) is 5.50. The van der Waals surface area contributed by atoms with E-state index >= 15 is 0 Å². The number of hydrogen-bond donors (Lipinski definition) is 1. The SMILES string of the molecule is CCN(c1ccc(F)cc1)C(CN)C(C)(C)C. The highest BCUT2D eigenvalue weighted by Gasteiger charge is 2.28. The maximum absolute atomic E-state index is 12.9. The predicted molar refractivity (Wildman–Crippen MR) is 71.7 cm³/mol. The van der Waals surface area contributed by atoms with E-state index in [9.17, 15) is 4.39 Å². The van der Waals surface area contributed by atoms with Crippen LogP contribution in [-0.4, -0.2) is 19.1 Å². The van der Waals surface area contributed by atoms with Crippen molar-refractivity contribution in [3.8, 4) is 0 Å². The molecule has 1 aromatic rings. The van der Waals surface area contributed by atoms with E-state index in [4.69, 9.17) is 5.73 Å². The Hall–Kier alpha value is -1.09. The van der Waals surface area contributed by atoms with E-state index < -0.39 is 0 Å². The summed E-state index contributed by atoms with van der Waals surface area (Å²) in [7, 11) is 0. The van der Waals surface area contributed by atoms with Crippen LogP contribution >= 0.6 is 0 Å². The first-order valence-corrected chi connectivity index (χ1v) is 6.12. The van der Waals surface area contributed by atoms with E-state index in [0.29, 0.717) is 6.54 Å². The minimum Gasteiger partial charge on any atom is -0.367 e. The van der Waals surface area contributed by atoms with Crippen molar-refractivity contribution >= 4 is 5.69 Å². The van der Waals surface area contributed by atoms with Gasteiger partial charge in [0.15, 0.2) is 0 Å². The molecule has 2 nitrogen and oxygen atoms in total. The van der Waals surface area contributed by atoms with Crippen LogP contribution in [0.1, 0.15) is 27.7 Å². The topological polar surface area (TPSA) is 29.3 Å². The third-order valence-corrected chi connectivity index (χ3v) is 3.10. The molecule has 1 atom stereocenters. The molecule has 0 saturated heterocycles. The summed E-state index contributed by atoms with van der Waals surface area (Å²) >= 11 is 0. The highest BCUT2D eigenvalue weighted by atomic mass is 19.1. The lowest BCUT2D eigenvalue weighted by Gasteiger charge is -2.40. The van der Waals surface area contributed by atoms with Gasteiger partial charge in [0.25, 0.3) is 0 Å². The molecule has 0 bridgehead atoms. The van der Waals surface area contributed by atoms with Gasteiger partial charge in [0.2, 0.25) is 0 Å². The molecule has 0 saturated carbocycles. The van der Waals surface area contributed by atoms with Crippen LogP contribution in [-0.2, 0) is 0 Å². The molecule has 1 aromatic carbocycles. The number of hydrogen-bond acceptors (Lipinski definition) is 2. The van der Waals surface area contributed by atoms with Gasteiger partial charge in [-0.05, 0) is 36.6 Å². The van der Waals surface area contributed by atoms with Crippen LogP contribution in [0, 0.1) is 11.2 Å². The number of likely N-dealkylation sites (N-methyl/N-ethyl adjacent to an activating group) is 1. The number of halogens is 1. The molecule has 0 aliphatic heterocycles. The Labute approximate surface area is 104 Å². The standard InChI is InChI=1S/C14H23FN2/c1-5-17(13(10-16)14(2,3)4)12-8-6-11(15)7-9-12/h6-9,13H,5,10,16H2,1-4H3. The third-order valence-electron chi connectivity index (χ3n) is 3.10. The van der Waals surface area contributed by atoms with Crippen molar-refractivity contribution in [3.05, 3.63) is 30.1 Å². The molecule has 2 N–H and O–H groups in total. The van der Waals surface area contributed by atoms with Crippen LogP contribution in [0.4, 0.5) is 10.1 Å². The van der Waals surface area contributed by atoms with Crippen molar-refractivity contribution in [2.24, 2.45) is 11.1 Å². The molecule has 3 heteroatoms. The zero-order valence-electron chi connectivity index (χ0n) is 11.2. The van der Waals surface area contributed by atoms with E-state index in [0.717, 1.165) is 12.2 Å². The molecule has 0 fully saturated rings. The van der Waals surface area contributed by atoms with Crippen LogP contribution in [0.3, 0.4) is 0 Å². The van der Waals surface area contributed by atoms with Gasteiger partial charge in [-0.2, -0.15) is 0 Å². The Bertz CT molecular complexity index is 340. The maximum atomic E-state index is 12.9. The summed E-state index contributed by atoms with van der Waals surface area (Å²) in [6.07, 6.45) is 0. The summed E-state index contributed by atoms with van der Waals surface area (Å²) in [6.45, 7) is 10.1. The van der Waals surface area contributed by atoms with Crippen molar-refractivity contribution in [1.82, 2.24) is 0 Å². The van der Waals surface area contributed by atoms with Gasteiger partial charge in [-0.15, -0.1) is 0 Å². The van der Waals surface area contributed by atoms with E-state index in [1.807, 2.05) is 12.1 Å². The summed E-state index contributed by atoms with van der Waals surface area (Å²) in [6, 6.07) is 6.86. The zero-order chi connectivity index (χ0) is 13.1. The summed E-state index contributed by atoms with van der Waals surface area (Å²) in [5.41, 5.74) is 7.01. The predicted octanol–water partition coefficient (Wildman–Crippen LogP) is 3.03. The second-order valence-corrected chi connectivity index (χ2v) is 5.38. The molecule has 96 valence electrons. The zero-order valence-corrected chi connectivity index (χ0v) is 11.2. The van der Waals surface area contributed by atoms with Gasteiger partial charge in [-0.1, -0.05) is 20.8 Å². The highest BCUT2D eigenvalue weighted by Crippen LogP contribution is 2.28. The van der Waals surface area contributed by atoms with Crippen LogP contribution in [0.25, 0.3) is 0 Å². The summed E-state index contributed by atoms with van der Waals surface area (Å²) in [4.78, 5) is 2.24. The van der Waals surface area contributed by atoms with Gasteiger partial charge in [0.1, 0.15) is 5.82 Å². The van der Waals surface area contributed by atoms with Crippen molar-refractivity contribution in [3.63, 3.8) is 0 Å². The Balaban J connectivity index is 3.01. The fourth-order valence-corrected chi connectivity index (χ4v) is 2.16. The summed E-state index contributed by atoms with van der Waals surface area (Å²) in [5, 5.41) is 0. The number of benzene rings is 1.